The van der Waals surface area contributed by atoms with E-state index in [1.165, 1.54) is 18.2 Å². The third-order valence-electron chi connectivity index (χ3n) is 3.18. The summed E-state index contributed by atoms with van der Waals surface area (Å²) in [5.41, 5.74) is 1.23. The van der Waals surface area contributed by atoms with E-state index in [2.05, 4.69) is 9.97 Å². The summed E-state index contributed by atoms with van der Waals surface area (Å²) >= 11 is 0. The molecule has 0 atom stereocenters. The first-order valence-electron chi connectivity index (χ1n) is 7.27. The van der Waals surface area contributed by atoms with E-state index in [1.54, 1.807) is 6.08 Å². The highest BCUT2D eigenvalue weighted by atomic mass is 32.2. The van der Waals surface area contributed by atoms with Gasteiger partial charge in [-0.25, -0.2) is 18.5 Å². The fourth-order valence-corrected chi connectivity index (χ4v) is 2.59. The van der Waals surface area contributed by atoms with Gasteiger partial charge in [0.15, 0.2) is 0 Å². The van der Waals surface area contributed by atoms with Crippen molar-refractivity contribution in [3.8, 4) is 0 Å². The number of hydrogen-bond acceptors (Lipinski definition) is 5. The molecule has 7 nitrogen and oxygen atoms in total. The number of nitrogens with one attached hydrogen (secondary N) is 1. The number of aromatic amines is 1. The third kappa shape index (κ3) is 4.40. The molecule has 3 N–H and O–H groups in total. The van der Waals surface area contributed by atoms with Crippen LogP contribution in [0.4, 0.5) is 0 Å². The number of aryl methyl sites for hydroxylation is 1. The molecule has 0 unspecified atom stereocenters. The minimum absolute atomic E-state index is 0.220. The highest BCUT2D eigenvalue weighted by Gasteiger charge is 2.13. The Labute approximate surface area is 134 Å². The normalized spacial score (nSPS) is 12.6. The van der Waals surface area contributed by atoms with Gasteiger partial charge in [-0.3, -0.25) is 4.79 Å². The van der Waals surface area contributed by atoms with Crippen LogP contribution in [0.25, 0.3) is 11.6 Å². The van der Waals surface area contributed by atoms with Gasteiger partial charge < -0.3 is 9.40 Å². The van der Waals surface area contributed by atoms with Gasteiger partial charge in [0.05, 0.1) is 0 Å². The van der Waals surface area contributed by atoms with E-state index in [0.29, 0.717) is 24.4 Å². The Kier molecular flexibility index (Phi) is 5.17. The summed E-state index contributed by atoms with van der Waals surface area (Å²) in [5, 5.41) is 4.71. The summed E-state index contributed by atoms with van der Waals surface area (Å²) in [5.74, 6) is 0.784. The first-order chi connectivity index (χ1) is 10.8. The maximum absolute atomic E-state index is 11.8. The number of nitrogens with zero attached hydrogens (tertiary/aromatic N) is 1. The van der Waals surface area contributed by atoms with Crippen LogP contribution in [0.5, 0.6) is 0 Å². The average molecular weight is 337 g/mol. The number of rotatable bonds is 6. The predicted octanol–water partition coefficient (Wildman–Crippen LogP) is 1.91. The Morgan fingerprint density at radius 2 is 2.13 bits per heavy atom. The molecule has 0 aromatic carbocycles. The molecule has 0 radical (unpaired) electrons. The van der Waals surface area contributed by atoms with Gasteiger partial charge in [-0.1, -0.05) is 20.3 Å². The molecule has 0 bridgehead atoms. The van der Waals surface area contributed by atoms with Gasteiger partial charge in [0.2, 0.25) is 5.09 Å². The summed E-state index contributed by atoms with van der Waals surface area (Å²) in [6.45, 7) is 3.92. The molecule has 0 fully saturated rings. The number of H-pyrrole nitrogens is 1. The van der Waals surface area contributed by atoms with E-state index in [-0.39, 0.29) is 10.7 Å². The lowest BCUT2D eigenvalue weighted by atomic mass is 10.1. The van der Waals surface area contributed by atoms with Gasteiger partial charge in [-0.2, -0.15) is 0 Å². The summed E-state index contributed by atoms with van der Waals surface area (Å²) in [4.78, 5) is 18.9. The number of hydrogen-bond donors (Lipinski definition) is 2. The highest BCUT2D eigenvalue weighted by Crippen LogP contribution is 2.21. The Balaban J connectivity index is 2.43. The number of nitrogens with two attached hydrogens (primary N) is 1. The smallest absolute Gasteiger partial charge is 0.271 e. The summed E-state index contributed by atoms with van der Waals surface area (Å²) in [7, 11) is -3.88. The molecular formula is C15H19N3O4S. The topological polar surface area (TPSA) is 119 Å². The second-order valence-corrected chi connectivity index (χ2v) is 6.55. The first-order valence-corrected chi connectivity index (χ1v) is 8.82. The highest BCUT2D eigenvalue weighted by molar-refractivity contribution is 7.89. The van der Waals surface area contributed by atoms with Crippen LogP contribution in [0.15, 0.2) is 32.5 Å². The number of primary sulfonamides is 1. The quantitative estimate of drug-likeness (QED) is 0.834. The van der Waals surface area contributed by atoms with Crippen LogP contribution in [0, 0.1) is 0 Å². The van der Waals surface area contributed by atoms with Gasteiger partial charge in [0.1, 0.15) is 11.6 Å². The van der Waals surface area contributed by atoms with Gasteiger partial charge in [0, 0.05) is 11.8 Å². The maximum atomic E-state index is 11.8. The number of allylic oxidation sites excluding steroid dienone is 1. The van der Waals surface area contributed by atoms with Gasteiger partial charge in [-0.15, -0.1) is 0 Å². The molecule has 8 heteroatoms. The Morgan fingerprint density at radius 1 is 1.39 bits per heavy atom. The standard InChI is InChI=1S/C15H19N3O4S/c1-3-5-11-9-13(19)18-15(17-11)10(4-2)8-12-6-7-14(22-12)23(16,20)21/h6-9H,3-5H2,1-2H3,(H2,16,20,21)(H,17,18,19)/b10-8+. The zero-order valence-corrected chi connectivity index (χ0v) is 13.8. The predicted molar refractivity (Wildman–Crippen MR) is 87.1 cm³/mol. The lowest BCUT2D eigenvalue weighted by Gasteiger charge is -2.05. The fourth-order valence-electron chi connectivity index (χ4n) is 2.12. The number of aromatic nitrogens is 2. The van der Waals surface area contributed by atoms with Crippen LogP contribution in [0.2, 0.25) is 0 Å². The van der Waals surface area contributed by atoms with Crippen molar-refractivity contribution >= 4 is 21.7 Å². The molecule has 0 saturated carbocycles. The van der Waals surface area contributed by atoms with E-state index in [9.17, 15) is 13.2 Å². The van der Waals surface area contributed by atoms with E-state index in [0.717, 1.165) is 17.7 Å². The van der Waals surface area contributed by atoms with Crippen LogP contribution in [0.1, 0.15) is 44.0 Å². The van der Waals surface area contributed by atoms with E-state index in [1.807, 2.05) is 13.8 Å². The molecule has 2 rings (SSSR count). The molecule has 0 aliphatic heterocycles. The molecule has 0 aliphatic rings. The molecule has 0 saturated heterocycles. The molecule has 23 heavy (non-hydrogen) atoms. The number of furan rings is 1. The summed E-state index contributed by atoms with van der Waals surface area (Å²) in [6.07, 6.45) is 3.83. The molecule has 2 aromatic heterocycles. The molecule has 0 amide bonds. The van der Waals surface area contributed by atoms with Crippen molar-refractivity contribution in [3.63, 3.8) is 0 Å². The van der Waals surface area contributed by atoms with Crippen molar-refractivity contribution in [1.29, 1.82) is 0 Å². The second kappa shape index (κ2) is 6.93. The summed E-state index contributed by atoms with van der Waals surface area (Å²) in [6, 6.07) is 4.27. The molecule has 2 aromatic rings. The molecule has 0 aliphatic carbocycles. The lowest BCUT2D eigenvalue weighted by molar-refractivity contribution is 0.444. The average Bonchev–Trinajstić information content (AvgIpc) is 2.93. The van der Waals surface area contributed by atoms with Crippen molar-refractivity contribution in [3.05, 3.63) is 45.8 Å². The zero-order chi connectivity index (χ0) is 17.0. The van der Waals surface area contributed by atoms with E-state index < -0.39 is 10.0 Å². The Hall–Kier alpha value is -2.19. The van der Waals surface area contributed by atoms with E-state index in [4.69, 9.17) is 9.56 Å². The second-order valence-electron chi connectivity index (χ2n) is 5.06. The third-order valence-corrected chi connectivity index (χ3v) is 3.97. The fraction of sp³-hybridized carbons (Fsp3) is 0.333. The van der Waals surface area contributed by atoms with Crippen molar-refractivity contribution in [2.75, 3.05) is 0 Å². The monoisotopic (exact) mass is 337 g/mol. The molecule has 2 heterocycles. The van der Waals surface area contributed by atoms with Crippen LogP contribution in [-0.4, -0.2) is 18.4 Å². The minimum atomic E-state index is -3.88. The van der Waals surface area contributed by atoms with Gasteiger partial charge >= 0.3 is 0 Å². The first kappa shape index (κ1) is 17.2. The van der Waals surface area contributed by atoms with Crippen molar-refractivity contribution < 1.29 is 12.8 Å². The van der Waals surface area contributed by atoms with Crippen LogP contribution in [-0.2, 0) is 16.4 Å². The van der Waals surface area contributed by atoms with E-state index >= 15 is 0 Å². The minimum Gasteiger partial charge on any atom is -0.444 e. The largest absolute Gasteiger partial charge is 0.444 e. The molecule has 124 valence electrons. The van der Waals surface area contributed by atoms with Crippen LogP contribution < -0.4 is 10.7 Å². The number of sulfonamides is 1. The van der Waals surface area contributed by atoms with Gasteiger partial charge in [-0.05, 0) is 36.6 Å². The van der Waals surface area contributed by atoms with Crippen LogP contribution in [0.3, 0.4) is 0 Å². The summed E-state index contributed by atoms with van der Waals surface area (Å²) < 4.78 is 27.7. The van der Waals surface area contributed by atoms with Gasteiger partial charge in [0.25, 0.3) is 15.6 Å². The van der Waals surface area contributed by atoms with Crippen molar-refractivity contribution in [1.82, 2.24) is 9.97 Å². The lowest BCUT2D eigenvalue weighted by Crippen LogP contribution is -2.12. The Morgan fingerprint density at radius 3 is 2.70 bits per heavy atom. The van der Waals surface area contributed by atoms with Crippen LogP contribution >= 0.6 is 0 Å². The Bertz CT molecular complexity index is 878. The van der Waals surface area contributed by atoms with Crippen molar-refractivity contribution in [2.24, 2.45) is 5.14 Å². The SMILES string of the molecule is CCCc1cc(=O)[nH]c(/C(=C/c2ccc(S(N)(=O)=O)o2)CC)n1. The molecule has 0 spiro atoms. The zero-order valence-electron chi connectivity index (χ0n) is 13.0. The molecular weight excluding hydrogens is 318 g/mol. The van der Waals surface area contributed by atoms with Crippen molar-refractivity contribution in [2.45, 2.75) is 38.2 Å². The maximum Gasteiger partial charge on any atom is 0.271 e.